The topological polar surface area (TPSA) is 35.5 Å². The second-order valence-electron chi connectivity index (χ2n) is 5.67. The van der Waals surface area contributed by atoms with Gasteiger partial charge in [-0.3, -0.25) is 4.79 Å². The highest BCUT2D eigenvalue weighted by molar-refractivity contribution is 5.70. The predicted molar refractivity (Wildman–Crippen MR) is 78.2 cm³/mol. The molecule has 0 N–H and O–H groups in total. The Hall–Kier alpha value is -1.35. The maximum absolute atomic E-state index is 11.2. The number of benzene rings is 1. The molecule has 1 saturated heterocycles. The van der Waals surface area contributed by atoms with Crippen LogP contribution in [-0.4, -0.2) is 18.7 Å². The summed E-state index contributed by atoms with van der Waals surface area (Å²) in [5.41, 5.74) is 1.21. The molecule has 1 heterocycles. The molecule has 3 heteroatoms. The number of hydrogen-bond acceptors (Lipinski definition) is 3. The van der Waals surface area contributed by atoms with E-state index in [0.29, 0.717) is 18.9 Å². The zero-order valence-corrected chi connectivity index (χ0v) is 12.2. The van der Waals surface area contributed by atoms with Crippen LogP contribution in [0.15, 0.2) is 30.3 Å². The van der Waals surface area contributed by atoms with Crippen molar-refractivity contribution in [3.8, 4) is 0 Å². The first kappa shape index (κ1) is 15.0. The highest BCUT2D eigenvalue weighted by Gasteiger charge is 2.22. The predicted octanol–water partition coefficient (Wildman–Crippen LogP) is 3.72. The van der Waals surface area contributed by atoms with Crippen LogP contribution in [0.1, 0.15) is 44.6 Å². The Balaban J connectivity index is 1.58. The molecule has 0 saturated carbocycles. The largest absolute Gasteiger partial charge is 0.462 e. The van der Waals surface area contributed by atoms with Gasteiger partial charge >= 0.3 is 5.97 Å². The van der Waals surface area contributed by atoms with Gasteiger partial charge in [0.05, 0.1) is 6.61 Å². The Morgan fingerprint density at radius 3 is 2.90 bits per heavy atom. The van der Waals surface area contributed by atoms with Crippen LogP contribution in [0, 0.1) is 5.92 Å². The third-order valence-corrected chi connectivity index (χ3v) is 3.74. The zero-order valence-electron chi connectivity index (χ0n) is 12.2. The fourth-order valence-corrected chi connectivity index (χ4v) is 2.56. The summed E-state index contributed by atoms with van der Waals surface area (Å²) >= 11 is 0. The Morgan fingerprint density at radius 2 is 2.15 bits per heavy atom. The highest BCUT2D eigenvalue weighted by atomic mass is 16.5. The minimum absolute atomic E-state index is 0.0335. The Labute approximate surface area is 121 Å². The van der Waals surface area contributed by atoms with E-state index in [4.69, 9.17) is 9.47 Å². The van der Waals surface area contributed by atoms with Gasteiger partial charge in [0.2, 0.25) is 0 Å². The molecular formula is C17H24O3. The molecule has 2 atom stereocenters. The Bertz CT molecular complexity index is 402. The van der Waals surface area contributed by atoms with Gasteiger partial charge in [-0.1, -0.05) is 37.3 Å². The van der Waals surface area contributed by atoms with E-state index in [9.17, 15) is 4.79 Å². The van der Waals surface area contributed by atoms with Gasteiger partial charge in [-0.25, -0.2) is 0 Å². The zero-order chi connectivity index (χ0) is 14.2. The summed E-state index contributed by atoms with van der Waals surface area (Å²) in [6.07, 6.45) is 4.68. The second-order valence-corrected chi connectivity index (χ2v) is 5.67. The van der Waals surface area contributed by atoms with E-state index in [1.807, 2.05) is 18.2 Å². The van der Waals surface area contributed by atoms with Crippen molar-refractivity contribution in [2.75, 3.05) is 6.61 Å². The van der Waals surface area contributed by atoms with Gasteiger partial charge in [0.1, 0.15) is 6.10 Å². The fraction of sp³-hybridized carbons (Fsp3) is 0.588. The third-order valence-electron chi connectivity index (χ3n) is 3.74. The van der Waals surface area contributed by atoms with Gasteiger partial charge in [-0.2, -0.15) is 0 Å². The van der Waals surface area contributed by atoms with Crippen LogP contribution in [0.4, 0.5) is 0 Å². The van der Waals surface area contributed by atoms with Gasteiger partial charge in [0.25, 0.3) is 0 Å². The van der Waals surface area contributed by atoms with Crippen LogP contribution in [0.2, 0.25) is 0 Å². The summed E-state index contributed by atoms with van der Waals surface area (Å²) in [5, 5.41) is 0. The van der Waals surface area contributed by atoms with Crippen LogP contribution in [-0.2, 0) is 20.9 Å². The lowest BCUT2D eigenvalue weighted by atomic mass is 9.96. The fourth-order valence-electron chi connectivity index (χ4n) is 2.56. The summed E-state index contributed by atoms with van der Waals surface area (Å²) < 4.78 is 11.0. The summed E-state index contributed by atoms with van der Waals surface area (Å²) in [6.45, 7) is 3.64. The smallest absolute Gasteiger partial charge is 0.306 e. The number of carbonyl (C=O) groups is 1. The van der Waals surface area contributed by atoms with Crippen molar-refractivity contribution in [2.45, 2.75) is 51.7 Å². The van der Waals surface area contributed by atoms with Gasteiger partial charge < -0.3 is 9.47 Å². The Kier molecular flexibility index (Phi) is 6.06. The SMILES string of the molecule is C[C@@H](CCOCc1ccccc1)C[C@@H]1CCCC(=O)O1. The number of rotatable bonds is 7. The molecule has 1 aliphatic heterocycles. The molecule has 1 aromatic carbocycles. The lowest BCUT2D eigenvalue weighted by molar-refractivity contribution is -0.154. The van der Waals surface area contributed by atoms with E-state index in [1.165, 1.54) is 5.56 Å². The van der Waals surface area contributed by atoms with Crippen molar-refractivity contribution in [1.29, 1.82) is 0 Å². The normalized spacial score (nSPS) is 20.4. The molecule has 2 rings (SSSR count). The Morgan fingerprint density at radius 1 is 1.35 bits per heavy atom. The number of hydrogen-bond donors (Lipinski definition) is 0. The molecule has 0 unspecified atom stereocenters. The van der Waals surface area contributed by atoms with E-state index in [2.05, 4.69) is 19.1 Å². The molecule has 0 aliphatic carbocycles. The lowest BCUT2D eigenvalue weighted by Gasteiger charge is -2.24. The van der Waals surface area contributed by atoms with Gasteiger partial charge in [-0.05, 0) is 37.2 Å². The average molecular weight is 276 g/mol. The molecule has 1 aliphatic rings. The standard InChI is InChI=1S/C17H24O3/c1-14(12-16-8-5-9-17(18)20-16)10-11-19-13-15-6-3-2-4-7-15/h2-4,6-7,14,16H,5,8-13H2,1H3/t14-,16-/m0/s1. The number of esters is 1. The third kappa shape index (κ3) is 5.33. The highest BCUT2D eigenvalue weighted by Crippen LogP contribution is 2.22. The van der Waals surface area contributed by atoms with Crippen molar-refractivity contribution < 1.29 is 14.3 Å². The van der Waals surface area contributed by atoms with E-state index in [0.717, 1.165) is 32.3 Å². The van der Waals surface area contributed by atoms with Gasteiger partial charge in [0, 0.05) is 13.0 Å². The number of cyclic esters (lactones) is 1. The van der Waals surface area contributed by atoms with Crippen LogP contribution in [0.3, 0.4) is 0 Å². The molecule has 1 fully saturated rings. The molecule has 110 valence electrons. The summed E-state index contributed by atoms with van der Waals surface area (Å²) in [4.78, 5) is 11.2. The van der Waals surface area contributed by atoms with Crippen LogP contribution in [0.25, 0.3) is 0 Å². The minimum Gasteiger partial charge on any atom is -0.462 e. The maximum Gasteiger partial charge on any atom is 0.306 e. The van der Waals surface area contributed by atoms with Crippen molar-refractivity contribution in [3.63, 3.8) is 0 Å². The molecule has 0 bridgehead atoms. The van der Waals surface area contributed by atoms with Crippen LogP contribution < -0.4 is 0 Å². The lowest BCUT2D eigenvalue weighted by Crippen LogP contribution is -2.25. The monoisotopic (exact) mass is 276 g/mol. The van der Waals surface area contributed by atoms with Gasteiger partial charge in [0.15, 0.2) is 0 Å². The molecule has 0 amide bonds. The summed E-state index contributed by atoms with van der Waals surface area (Å²) in [7, 11) is 0. The molecule has 0 radical (unpaired) electrons. The first-order valence-corrected chi connectivity index (χ1v) is 7.55. The molecule has 0 spiro atoms. The number of ether oxygens (including phenoxy) is 2. The average Bonchev–Trinajstić information content (AvgIpc) is 2.45. The van der Waals surface area contributed by atoms with Crippen molar-refractivity contribution in [2.24, 2.45) is 5.92 Å². The van der Waals surface area contributed by atoms with Crippen molar-refractivity contribution in [1.82, 2.24) is 0 Å². The van der Waals surface area contributed by atoms with Crippen molar-refractivity contribution >= 4 is 5.97 Å². The van der Waals surface area contributed by atoms with Gasteiger partial charge in [-0.15, -0.1) is 0 Å². The first-order valence-electron chi connectivity index (χ1n) is 7.55. The summed E-state index contributed by atoms with van der Waals surface area (Å²) in [5.74, 6) is 0.496. The summed E-state index contributed by atoms with van der Waals surface area (Å²) in [6, 6.07) is 10.2. The quantitative estimate of drug-likeness (QED) is 0.562. The second kappa shape index (κ2) is 8.05. The minimum atomic E-state index is -0.0335. The van der Waals surface area contributed by atoms with Crippen molar-refractivity contribution in [3.05, 3.63) is 35.9 Å². The van der Waals surface area contributed by atoms with Crippen LogP contribution in [0.5, 0.6) is 0 Å². The molecule has 1 aromatic rings. The molecule has 0 aromatic heterocycles. The molecule has 20 heavy (non-hydrogen) atoms. The first-order chi connectivity index (χ1) is 9.74. The number of carbonyl (C=O) groups excluding carboxylic acids is 1. The maximum atomic E-state index is 11.2. The molecule has 3 nitrogen and oxygen atoms in total. The van der Waals surface area contributed by atoms with E-state index < -0.39 is 0 Å². The van der Waals surface area contributed by atoms with E-state index >= 15 is 0 Å². The van der Waals surface area contributed by atoms with E-state index in [-0.39, 0.29) is 12.1 Å². The van der Waals surface area contributed by atoms with E-state index in [1.54, 1.807) is 0 Å². The van der Waals surface area contributed by atoms with Crippen LogP contribution >= 0.6 is 0 Å². The molecular weight excluding hydrogens is 252 g/mol.